The Kier molecular flexibility index (Phi) is 6.61. The molecule has 1 fully saturated rings. The van der Waals surface area contributed by atoms with Crippen LogP contribution in [0.5, 0.6) is 0 Å². The van der Waals surface area contributed by atoms with Crippen LogP contribution in [0.4, 0.5) is 5.82 Å². The van der Waals surface area contributed by atoms with Gasteiger partial charge in [-0.3, -0.25) is 9.59 Å². The lowest BCUT2D eigenvalue weighted by molar-refractivity contribution is -0.124. The van der Waals surface area contributed by atoms with Crippen LogP contribution in [0.25, 0.3) is 0 Å². The Balaban J connectivity index is 1.57. The Hall–Kier alpha value is -2.21. The minimum Gasteiger partial charge on any atom is -0.366 e. The molecule has 1 aliphatic heterocycles. The number of carbonyl (C=O) groups is 2. The maximum Gasteiger partial charge on any atom is 0.255 e. The molecule has 5 nitrogen and oxygen atoms in total. The molecule has 1 atom stereocenters. The summed E-state index contributed by atoms with van der Waals surface area (Å²) in [7, 11) is 0. The summed E-state index contributed by atoms with van der Waals surface area (Å²) in [6.45, 7) is 6.08. The minimum atomic E-state index is -0.0334. The van der Waals surface area contributed by atoms with E-state index in [1.54, 1.807) is 17.5 Å². The van der Waals surface area contributed by atoms with E-state index in [1.165, 1.54) is 5.56 Å². The predicted octanol–water partition coefficient (Wildman–Crippen LogP) is 4.22. The van der Waals surface area contributed by atoms with Crippen molar-refractivity contribution in [1.29, 1.82) is 0 Å². The molecule has 0 aliphatic carbocycles. The first-order chi connectivity index (χ1) is 13.0. The standard InChI is InChI=1S/C21H27N3O2S/c1-15(2)10-19(25)18-4-3-8-24(13-18)21(26)17-5-6-20(23-12-17)22-11-16-7-9-27-14-16/h5-7,9,12,14-15,18H,3-4,8,10-11,13H2,1-2H3,(H,22,23). The lowest BCUT2D eigenvalue weighted by Crippen LogP contribution is -2.42. The topological polar surface area (TPSA) is 62.3 Å². The summed E-state index contributed by atoms with van der Waals surface area (Å²) in [6.07, 6.45) is 3.99. The highest BCUT2D eigenvalue weighted by atomic mass is 32.1. The molecule has 0 aromatic carbocycles. The van der Waals surface area contributed by atoms with Crippen molar-refractivity contribution in [2.24, 2.45) is 11.8 Å². The van der Waals surface area contributed by atoms with Crippen LogP contribution in [0.3, 0.4) is 0 Å². The van der Waals surface area contributed by atoms with E-state index in [9.17, 15) is 9.59 Å². The molecule has 3 heterocycles. The number of nitrogens with one attached hydrogen (secondary N) is 1. The molecule has 1 aliphatic rings. The fourth-order valence-corrected chi connectivity index (χ4v) is 4.06. The highest BCUT2D eigenvalue weighted by Crippen LogP contribution is 2.22. The summed E-state index contributed by atoms with van der Waals surface area (Å²) in [6, 6.07) is 5.72. The van der Waals surface area contributed by atoms with Gasteiger partial charge < -0.3 is 10.2 Å². The number of nitrogens with zero attached hydrogens (tertiary/aromatic N) is 2. The molecule has 0 spiro atoms. The summed E-state index contributed by atoms with van der Waals surface area (Å²) >= 11 is 1.67. The van der Waals surface area contributed by atoms with Gasteiger partial charge in [0.05, 0.1) is 5.56 Å². The fourth-order valence-electron chi connectivity index (χ4n) is 3.39. The third kappa shape index (κ3) is 5.39. The number of thiophene rings is 1. The van der Waals surface area contributed by atoms with Crippen molar-refractivity contribution in [3.63, 3.8) is 0 Å². The highest BCUT2D eigenvalue weighted by Gasteiger charge is 2.29. The molecule has 1 N–H and O–H groups in total. The van der Waals surface area contributed by atoms with Crippen molar-refractivity contribution in [3.05, 3.63) is 46.3 Å². The zero-order chi connectivity index (χ0) is 19.2. The average molecular weight is 386 g/mol. The lowest BCUT2D eigenvalue weighted by atomic mass is 9.89. The first kappa shape index (κ1) is 19.5. The number of hydrogen-bond acceptors (Lipinski definition) is 5. The molecule has 27 heavy (non-hydrogen) atoms. The number of piperidine rings is 1. The molecular weight excluding hydrogens is 358 g/mol. The quantitative estimate of drug-likeness (QED) is 0.775. The second-order valence-corrected chi connectivity index (χ2v) is 8.35. The smallest absolute Gasteiger partial charge is 0.255 e. The number of hydrogen-bond donors (Lipinski definition) is 1. The second-order valence-electron chi connectivity index (χ2n) is 7.57. The van der Waals surface area contributed by atoms with Gasteiger partial charge in [-0.05, 0) is 53.3 Å². The number of anilines is 1. The zero-order valence-electron chi connectivity index (χ0n) is 16.0. The van der Waals surface area contributed by atoms with Crippen molar-refractivity contribution in [3.8, 4) is 0 Å². The van der Waals surface area contributed by atoms with E-state index in [2.05, 4.69) is 35.6 Å². The van der Waals surface area contributed by atoms with Crippen LogP contribution in [-0.4, -0.2) is 34.7 Å². The number of carbonyl (C=O) groups excluding carboxylic acids is 2. The molecule has 144 valence electrons. The van der Waals surface area contributed by atoms with Crippen molar-refractivity contribution in [2.75, 3.05) is 18.4 Å². The van der Waals surface area contributed by atoms with Crippen LogP contribution in [-0.2, 0) is 11.3 Å². The second kappa shape index (κ2) is 9.13. The molecule has 1 unspecified atom stereocenters. The van der Waals surface area contributed by atoms with Gasteiger partial charge in [-0.25, -0.2) is 4.98 Å². The molecule has 1 saturated heterocycles. The Labute approximate surface area is 164 Å². The Morgan fingerprint density at radius 1 is 1.33 bits per heavy atom. The van der Waals surface area contributed by atoms with Crippen LogP contribution >= 0.6 is 11.3 Å². The molecule has 2 aromatic heterocycles. The maximum atomic E-state index is 12.8. The highest BCUT2D eigenvalue weighted by molar-refractivity contribution is 7.07. The van der Waals surface area contributed by atoms with Gasteiger partial charge in [0.25, 0.3) is 5.91 Å². The summed E-state index contributed by atoms with van der Waals surface area (Å²) in [5.74, 6) is 1.34. The van der Waals surface area contributed by atoms with Gasteiger partial charge in [0.2, 0.25) is 0 Å². The Bertz CT molecular complexity index is 756. The SMILES string of the molecule is CC(C)CC(=O)C1CCCN(C(=O)c2ccc(NCc3ccsc3)nc2)C1. The number of rotatable bonds is 7. The molecule has 2 aromatic rings. The van der Waals surface area contributed by atoms with E-state index < -0.39 is 0 Å². The summed E-state index contributed by atoms with van der Waals surface area (Å²) in [4.78, 5) is 31.3. The monoisotopic (exact) mass is 385 g/mol. The van der Waals surface area contributed by atoms with E-state index in [0.717, 1.165) is 25.2 Å². The molecular formula is C21H27N3O2S. The van der Waals surface area contributed by atoms with Crippen LogP contribution in [0, 0.1) is 11.8 Å². The molecule has 1 amide bonds. The summed E-state index contributed by atoms with van der Waals surface area (Å²) < 4.78 is 0. The first-order valence-electron chi connectivity index (χ1n) is 9.56. The number of likely N-dealkylation sites (tertiary alicyclic amines) is 1. The van der Waals surface area contributed by atoms with Gasteiger partial charge in [0, 0.05) is 38.2 Å². The van der Waals surface area contributed by atoms with Crippen molar-refractivity contribution in [2.45, 2.75) is 39.7 Å². The fraction of sp³-hybridized carbons (Fsp3) is 0.476. The van der Waals surface area contributed by atoms with E-state index in [1.807, 2.05) is 22.4 Å². The molecule has 3 rings (SSSR count). The minimum absolute atomic E-state index is 0.0235. The van der Waals surface area contributed by atoms with Gasteiger partial charge in [-0.2, -0.15) is 11.3 Å². The molecule has 0 saturated carbocycles. The maximum absolute atomic E-state index is 12.8. The van der Waals surface area contributed by atoms with Gasteiger partial charge >= 0.3 is 0 Å². The largest absolute Gasteiger partial charge is 0.366 e. The van der Waals surface area contributed by atoms with Gasteiger partial charge in [0.15, 0.2) is 0 Å². The zero-order valence-corrected chi connectivity index (χ0v) is 16.8. The van der Waals surface area contributed by atoms with Crippen LogP contribution in [0.2, 0.25) is 0 Å². The number of Topliss-reactive ketones (excluding diaryl/α,β-unsaturated/α-hetero) is 1. The predicted molar refractivity (Wildman–Crippen MR) is 109 cm³/mol. The Morgan fingerprint density at radius 2 is 2.19 bits per heavy atom. The van der Waals surface area contributed by atoms with E-state index in [4.69, 9.17) is 0 Å². The number of ketones is 1. The van der Waals surface area contributed by atoms with E-state index in [0.29, 0.717) is 31.0 Å². The molecule has 6 heteroatoms. The summed E-state index contributed by atoms with van der Waals surface area (Å²) in [5, 5.41) is 7.40. The number of amides is 1. The normalized spacial score (nSPS) is 17.1. The van der Waals surface area contributed by atoms with E-state index >= 15 is 0 Å². The molecule has 0 bridgehead atoms. The van der Waals surface area contributed by atoms with Crippen LogP contribution < -0.4 is 5.32 Å². The van der Waals surface area contributed by atoms with E-state index in [-0.39, 0.29) is 17.6 Å². The lowest BCUT2D eigenvalue weighted by Gasteiger charge is -2.32. The third-order valence-electron chi connectivity index (χ3n) is 4.84. The van der Waals surface area contributed by atoms with Crippen molar-refractivity contribution >= 4 is 28.8 Å². The van der Waals surface area contributed by atoms with Gasteiger partial charge in [-0.1, -0.05) is 13.8 Å². The Morgan fingerprint density at radius 3 is 2.85 bits per heavy atom. The van der Waals surface area contributed by atoms with Crippen LogP contribution in [0.1, 0.15) is 49.0 Å². The van der Waals surface area contributed by atoms with Crippen LogP contribution in [0.15, 0.2) is 35.2 Å². The van der Waals surface area contributed by atoms with Gasteiger partial charge in [-0.15, -0.1) is 0 Å². The summed E-state index contributed by atoms with van der Waals surface area (Å²) in [5.41, 5.74) is 1.79. The number of aromatic nitrogens is 1. The van der Waals surface area contributed by atoms with Crippen molar-refractivity contribution < 1.29 is 9.59 Å². The third-order valence-corrected chi connectivity index (χ3v) is 5.57. The molecule has 0 radical (unpaired) electrons. The number of pyridine rings is 1. The van der Waals surface area contributed by atoms with Gasteiger partial charge in [0.1, 0.15) is 11.6 Å². The first-order valence-corrected chi connectivity index (χ1v) is 10.5. The average Bonchev–Trinajstić information content (AvgIpc) is 3.19. The van der Waals surface area contributed by atoms with Crippen molar-refractivity contribution in [1.82, 2.24) is 9.88 Å².